The van der Waals surface area contributed by atoms with Crippen LogP contribution in [0.2, 0.25) is 0 Å². The van der Waals surface area contributed by atoms with E-state index in [0.29, 0.717) is 15.3 Å². The van der Waals surface area contributed by atoms with Crippen LogP contribution in [0.3, 0.4) is 0 Å². The van der Waals surface area contributed by atoms with Crippen molar-refractivity contribution in [2.24, 2.45) is 0 Å². The molecule has 0 aliphatic carbocycles. The number of carboxylic acid groups (broad SMARTS) is 1. The third kappa shape index (κ3) is 4.01. The summed E-state index contributed by atoms with van der Waals surface area (Å²) in [6.45, 7) is 0. The van der Waals surface area contributed by atoms with E-state index in [2.05, 4.69) is 14.7 Å². The summed E-state index contributed by atoms with van der Waals surface area (Å²) in [5.41, 5.74) is -3.04. The Morgan fingerprint density at radius 1 is 1.24 bits per heavy atom. The Morgan fingerprint density at radius 3 is 2.76 bits per heavy atom. The number of ether oxygens (including phenoxy) is 1. The van der Waals surface area contributed by atoms with Crippen molar-refractivity contribution in [1.29, 1.82) is 0 Å². The van der Waals surface area contributed by atoms with Gasteiger partial charge in [0, 0.05) is 29.2 Å². The van der Waals surface area contributed by atoms with Crippen LogP contribution in [-0.2, 0) is 10.0 Å². The van der Waals surface area contributed by atoms with Crippen LogP contribution in [0.4, 0.5) is 10.1 Å². The summed E-state index contributed by atoms with van der Waals surface area (Å²) >= 11 is 0.724. The van der Waals surface area contributed by atoms with Crippen LogP contribution >= 0.6 is 11.3 Å². The highest BCUT2D eigenvalue weighted by atomic mass is 32.2. The number of sulfonamides is 1. The minimum atomic E-state index is -4.29. The molecular formula is C23H15FN4O7S2. The average molecular weight is 543 g/mol. The van der Waals surface area contributed by atoms with E-state index >= 15 is 4.39 Å². The quantitative estimate of drug-likeness (QED) is 0.295. The largest absolute Gasteiger partial charge is 0.494 e. The van der Waals surface area contributed by atoms with E-state index in [0.717, 1.165) is 23.5 Å². The maximum atomic E-state index is 15.1. The standard InChI is InChI=1S/C23H15FN4O7S2/c1-35-17-7-13(24)16(28-21(29)19-15(26-23(28)32)10-36-20(19)22(30)31)8-14(17)27-37(33,34)18-4-2-3-11-5-6-25-9-12(11)18/h2-10,27H,1H3,(H,26,32)(H,30,31). The summed E-state index contributed by atoms with van der Waals surface area (Å²) in [5, 5.41) is 11.3. The van der Waals surface area contributed by atoms with Gasteiger partial charge >= 0.3 is 11.7 Å². The van der Waals surface area contributed by atoms with Gasteiger partial charge in [0.1, 0.15) is 10.6 Å². The molecule has 0 fully saturated rings. The number of aromatic carboxylic acids is 1. The number of hydrogen-bond donors (Lipinski definition) is 3. The summed E-state index contributed by atoms with van der Waals surface area (Å²) in [4.78, 5) is 43.3. The fraction of sp³-hybridized carbons (Fsp3) is 0.0435. The van der Waals surface area contributed by atoms with Crippen molar-refractivity contribution in [2.45, 2.75) is 4.90 Å². The predicted molar refractivity (Wildman–Crippen MR) is 134 cm³/mol. The Balaban J connectivity index is 1.70. The summed E-state index contributed by atoms with van der Waals surface area (Å²) in [6.07, 6.45) is 2.89. The van der Waals surface area contributed by atoms with Crippen molar-refractivity contribution in [2.75, 3.05) is 11.8 Å². The van der Waals surface area contributed by atoms with E-state index in [1.807, 2.05) is 0 Å². The number of pyridine rings is 1. The maximum Gasteiger partial charge on any atom is 0.346 e. The number of aromatic nitrogens is 3. The first-order valence-corrected chi connectivity index (χ1v) is 12.7. The second kappa shape index (κ2) is 8.83. The molecule has 5 rings (SSSR count). The van der Waals surface area contributed by atoms with Gasteiger partial charge in [0.25, 0.3) is 15.6 Å². The topological polar surface area (TPSA) is 160 Å². The Kier molecular flexibility index (Phi) is 5.76. The fourth-order valence-electron chi connectivity index (χ4n) is 3.90. The van der Waals surface area contributed by atoms with Crippen LogP contribution in [0.1, 0.15) is 9.67 Å². The number of anilines is 1. The summed E-state index contributed by atoms with van der Waals surface area (Å²) in [6, 6.07) is 7.96. The van der Waals surface area contributed by atoms with Crippen molar-refractivity contribution in [1.82, 2.24) is 14.5 Å². The number of methoxy groups -OCH3 is 1. The molecule has 0 bridgehead atoms. The zero-order valence-corrected chi connectivity index (χ0v) is 20.3. The normalized spacial score (nSPS) is 11.6. The van der Waals surface area contributed by atoms with Gasteiger partial charge in [0.2, 0.25) is 0 Å². The SMILES string of the molecule is COc1cc(F)c(-n2c(=O)[nH]c3csc(C(=O)O)c3c2=O)cc1NS(=O)(=O)c1cccc2ccncc12. The van der Waals surface area contributed by atoms with Gasteiger partial charge in [-0.1, -0.05) is 12.1 Å². The number of nitrogens with one attached hydrogen (secondary N) is 2. The molecule has 0 saturated heterocycles. The van der Waals surface area contributed by atoms with Gasteiger partial charge in [-0.25, -0.2) is 27.0 Å². The molecule has 14 heteroatoms. The van der Waals surface area contributed by atoms with Crippen molar-refractivity contribution in [3.63, 3.8) is 0 Å². The van der Waals surface area contributed by atoms with E-state index in [-0.39, 0.29) is 32.1 Å². The zero-order chi connectivity index (χ0) is 26.5. The van der Waals surface area contributed by atoms with Gasteiger partial charge in [-0.2, -0.15) is 0 Å². The number of hydrogen-bond acceptors (Lipinski definition) is 8. The average Bonchev–Trinajstić information content (AvgIpc) is 3.29. The molecule has 0 radical (unpaired) electrons. The fourth-order valence-corrected chi connectivity index (χ4v) is 6.00. The molecule has 3 N–H and O–H groups in total. The number of fused-ring (bicyclic) bond motifs is 2. The number of rotatable bonds is 6. The van der Waals surface area contributed by atoms with E-state index < -0.39 is 38.7 Å². The first-order valence-electron chi connectivity index (χ1n) is 10.4. The number of carbonyl (C=O) groups is 1. The lowest BCUT2D eigenvalue weighted by Crippen LogP contribution is -2.34. The second-order valence-electron chi connectivity index (χ2n) is 7.69. The number of aromatic amines is 1. The summed E-state index contributed by atoms with van der Waals surface area (Å²) in [7, 11) is -3.11. The number of thiophene rings is 1. The molecule has 3 aromatic heterocycles. The van der Waals surface area contributed by atoms with Gasteiger partial charge in [-0.05, 0) is 23.6 Å². The molecule has 0 saturated carbocycles. The summed E-state index contributed by atoms with van der Waals surface area (Å²) in [5.74, 6) is -2.72. The number of carboxylic acids is 1. The van der Waals surface area contributed by atoms with Crippen LogP contribution in [0.5, 0.6) is 5.75 Å². The Labute approximate surface area is 210 Å². The maximum absolute atomic E-state index is 15.1. The highest BCUT2D eigenvalue weighted by Gasteiger charge is 2.24. The highest BCUT2D eigenvalue weighted by Crippen LogP contribution is 2.32. The molecule has 0 aliphatic heterocycles. The van der Waals surface area contributed by atoms with Crippen LogP contribution in [0, 0.1) is 5.82 Å². The first kappa shape index (κ1) is 24.1. The minimum absolute atomic E-state index is 0.0203. The number of benzene rings is 2. The van der Waals surface area contributed by atoms with Gasteiger partial charge in [-0.15, -0.1) is 11.3 Å². The predicted octanol–water partition coefficient (Wildman–Crippen LogP) is 2.94. The van der Waals surface area contributed by atoms with Gasteiger partial charge in [0.05, 0.1) is 34.3 Å². The molecule has 0 spiro atoms. The van der Waals surface area contributed by atoms with Crippen LogP contribution in [0.15, 0.2) is 68.7 Å². The lowest BCUT2D eigenvalue weighted by Gasteiger charge is -2.16. The molecule has 0 amide bonds. The lowest BCUT2D eigenvalue weighted by molar-refractivity contribution is 0.0704. The van der Waals surface area contributed by atoms with E-state index in [1.165, 1.54) is 30.9 Å². The van der Waals surface area contributed by atoms with Gasteiger partial charge in [0.15, 0.2) is 5.82 Å². The third-order valence-corrected chi connectivity index (χ3v) is 7.93. The number of halogens is 1. The molecule has 0 atom stereocenters. The van der Waals surface area contributed by atoms with Crippen molar-refractivity contribution < 1.29 is 27.4 Å². The molecule has 0 aliphatic rings. The molecule has 37 heavy (non-hydrogen) atoms. The summed E-state index contributed by atoms with van der Waals surface area (Å²) < 4.78 is 49.6. The molecule has 11 nitrogen and oxygen atoms in total. The van der Waals surface area contributed by atoms with Gasteiger partial charge in [-0.3, -0.25) is 14.5 Å². The van der Waals surface area contributed by atoms with E-state index in [4.69, 9.17) is 4.74 Å². The van der Waals surface area contributed by atoms with E-state index in [9.17, 15) is 27.9 Å². The number of H-pyrrole nitrogens is 1. The minimum Gasteiger partial charge on any atom is -0.494 e. The first-order chi connectivity index (χ1) is 17.6. The van der Waals surface area contributed by atoms with Crippen LogP contribution in [-0.4, -0.2) is 41.1 Å². The van der Waals surface area contributed by atoms with Crippen molar-refractivity contribution in [3.05, 3.63) is 85.7 Å². The zero-order valence-electron chi connectivity index (χ0n) is 18.7. The lowest BCUT2D eigenvalue weighted by atomic mass is 10.2. The molecular weight excluding hydrogens is 527 g/mol. The smallest absolute Gasteiger partial charge is 0.346 e. The third-order valence-electron chi connectivity index (χ3n) is 5.53. The van der Waals surface area contributed by atoms with E-state index in [1.54, 1.807) is 18.2 Å². The molecule has 2 aromatic carbocycles. The highest BCUT2D eigenvalue weighted by molar-refractivity contribution is 7.93. The Bertz CT molecular complexity index is 1960. The second-order valence-corrected chi connectivity index (χ2v) is 10.2. The molecule has 188 valence electrons. The van der Waals surface area contributed by atoms with Gasteiger partial charge < -0.3 is 14.8 Å². The van der Waals surface area contributed by atoms with Crippen LogP contribution in [0.25, 0.3) is 27.4 Å². The molecule has 5 aromatic rings. The number of nitrogens with zero attached hydrogens (tertiary/aromatic N) is 2. The molecule has 0 unspecified atom stereocenters. The van der Waals surface area contributed by atoms with Crippen LogP contribution < -0.4 is 20.7 Å². The Hall–Kier alpha value is -4.56. The monoisotopic (exact) mass is 542 g/mol. The van der Waals surface area contributed by atoms with Crippen molar-refractivity contribution >= 4 is 54.7 Å². The van der Waals surface area contributed by atoms with Crippen molar-refractivity contribution in [3.8, 4) is 11.4 Å². The molecule has 3 heterocycles. The Morgan fingerprint density at radius 2 is 2.03 bits per heavy atom.